The maximum atomic E-state index is 12.3. The topological polar surface area (TPSA) is 322 Å². The summed E-state index contributed by atoms with van der Waals surface area (Å²) >= 11 is 0. The number of ketones is 1. The van der Waals surface area contributed by atoms with E-state index in [1.54, 1.807) is 0 Å². The molecule has 25 nitrogen and oxygen atoms in total. The quantitative estimate of drug-likeness (QED) is 0.0192. The lowest BCUT2D eigenvalue weighted by atomic mass is 10.0. The Morgan fingerprint density at radius 1 is 0.435 bits per heavy atom. The van der Waals surface area contributed by atoms with Crippen LogP contribution in [-0.2, 0) is 80.8 Å². The lowest BCUT2D eigenvalue weighted by Gasteiger charge is -2.19. The molecular formula is C44H82N4O21. The lowest BCUT2D eigenvalue weighted by Crippen LogP contribution is -2.49. The van der Waals surface area contributed by atoms with Crippen LogP contribution in [0.15, 0.2) is 0 Å². The first-order valence-electron chi connectivity index (χ1n) is 23.8. The fourth-order valence-electron chi connectivity index (χ4n) is 5.61. The van der Waals surface area contributed by atoms with Crippen LogP contribution >= 0.6 is 0 Å². The molecule has 0 spiro atoms. The number of amides is 3. The average molecular weight is 1000 g/mol. The van der Waals surface area contributed by atoms with Crippen molar-refractivity contribution in [2.75, 3.05) is 158 Å². The summed E-state index contributed by atoms with van der Waals surface area (Å²) in [5.74, 6) is -2.69. The fourth-order valence-corrected chi connectivity index (χ4v) is 5.61. The summed E-state index contributed by atoms with van der Waals surface area (Å²) in [6.45, 7) is 10.8. The van der Waals surface area contributed by atoms with Crippen LogP contribution in [0.25, 0.3) is 0 Å². The molecular weight excluding hydrogens is 920 g/mol. The van der Waals surface area contributed by atoms with Crippen LogP contribution in [-0.4, -0.2) is 222 Å². The first-order valence-corrected chi connectivity index (χ1v) is 23.8. The molecule has 0 radical (unpaired) electrons. The Labute approximate surface area is 405 Å². The highest BCUT2D eigenvalue weighted by atomic mass is 16.6. The molecule has 0 heterocycles. The Morgan fingerprint density at radius 2 is 0.812 bits per heavy atom. The van der Waals surface area contributed by atoms with Crippen molar-refractivity contribution in [2.24, 2.45) is 0 Å². The molecule has 0 unspecified atom stereocenters. The van der Waals surface area contributed by atoms with E-state index in [1.807, 2.05) is 5.48 Å². The van der Waals surface area contributed by atoms with Gasteiger partial charge in [0, 0.05) is 38.8 Å². The third kappa shape index (κ3) is 50.5. The van der Waals surface area contributed by atoms with Crippen LogP contribution in [0.2, 0.25) is 0 Å². The van der Waals surface area contributed by atoms with E-state index in [9.17, 15) is 33.9 Å². The average Bonchev–Trinajstić information content (AvgIpc) is 3.32. The summed E-state index contributed by atoms with van der Waals surface area (Å²) in [5, 5.41) is 33.8. The molecule has 0 rings (SSSR count). The second kappa shape index (κ2) is 52.1. The van der Waals surface area contributed by atoms with Gasteiger partial charge in [0.15, 0.2) is 6.23 Å². The van der Waals surface area contributed by atoms with Crippen molar-refractivity contribution in [3.63, 3.8) is 0 Å². The molecule has 0 saturated heterocycles. The van der Waals surface area contributed by atoms with Gasteiger partial charge in [0.2, 0.25) is 5.91 Å². The second-order valence-corrected chi connectivity index (χ2v) is 14.9. The lowest BCUT2D eigenvalue weighted by molar-refractivity contribution is -0.141. The van der Waals surface area contributed by atoms with Gasteiger partial charge in [-0.25, -0.2) is 15.1 Å². The second-order valence-electron chi connectivity index (χ2n) is 14.9. The normalized spacial score (nSPS) is 12.1. The number of carboxylic acids is 2. The number of hydrogen-bond acceptors (Lipinski definition) is 20. The third-order valence-corrected chi connectivity index (χ3v) is 9.20. The van der Waals surface area contributed by atoms with Crippen molar-refractivity contribution in [1.29, 1.82) is 0 Å². The van der Waals surface area contributed by atoms with Crippen LogP contribution < -0.4 is 21.4 Å². The predicted octanol–water partition coefficient (Wildman–Crippen LogP) is 0.850. The zero-order valence-electron chi connectivity index (χ0n) is 40.4. The number of hydrogen-bond donors (Lipinski definition) is 7. The van der Waals surface area contributed by atoms with Gasteiger partial charge in [0.05, 0.1) is 152 Å². The maximum Gasteiger partial charge on any atom is 0.326 e. The standard InChI is InChI=1S/C44H82N4O21/c49-37-69-41(11-12-42(52)53)48-44(56)47-39(43(54)55)10-9-38(50)7-5-3-1-2-4-6-8-40(51)45-13-15-58-17-19-60-21-23-62-25-27-64-29-31-66-33-35-68-36-34-67-32-30-65-28-26-63-24-22-61-20-18-59-16-14-46-57/h37,39,41,46,57H,1-36H2,(H,45,51)(H,52,53)(H,54,55)(H2,47,48,56)/t39-,41+/m0/s1. The third-order valence-electron chi connectivity index (χ3n) is 9.20. The molecule has 0 aliphatic carbocycles. The van der Waals surface area contributed by atoms with Crippen LogP contribution in [0.5, 0.6) is 0 Å². The molecule has 3 amide bonds. The summed E-state index contributed by atoms with van der Waals surface area (Å²) in [6, 6.07) is -2.34. The molecule has 0 aromatic rings. The molecule has 0 aliphatic heterocycles. The first kappa shape index (κ1) is 65.3. The van der Waals surface area contributed by atoms with E-state index in [0.29, 0.717) is 171 Å². The number of urea groups is 1. The fraction of sp³-hybridized carbons (Fsp3) is 0.864. The minimum Gasteiger partial charge on any atom is -0.481 e. The van der Waals surface area contributed by atoms with Gasteiger partial charge in [0.25, 0.3) is 6.47 Å². The Kier molecular flexibility index (Phi) is 49.3. The summed E-state index contributed by atoms with van der Waals surface area (Å²) in [4.78, 5) is 69.4. The van der Waals surface area contributed by atoms with Crippen LogP contribution in [0, 0.1) is 0 Å². The number of rotatable bonds is 56. The van der Waals surface area contributed by atoms with E-state index in [2.05, 4.69) is 20.7 Å². The van der Waals surface area contributed by atoms with Gasteiger partial charge < -0.3 is 88.2 Å². The number of unbranched alkanes of at least 4 members (excludes halogenated alkanes) is 5. The SMILES string of the molecule is O=CO[C@H](CCC(=O)O)NC(=O)N[C@@H](CCC(=O)CCCCCCCCC(=O)NCCOCCOCCOCCOCCOCCOCCOCCOCCOCCOCCOCCNO)C(=O)O. The molecule has 69 heavy (non-hydrogen) atoms. The van der Waals surface area contributed by atoms with Gasteiger partial charge in [-0.3, -0.25) is 19.2 Å². The van der Waals surface area contributed by atoms with Gasteiger partial charge in [-0.15, -0.1) is 0 Å². The molecule has 7 N–H and O–H groups in total. The summed E-state index contributed by atoms with van der Waals surface area (Å²) < 4.78 is 64.4. The Morgan fingerprint density at radius 3 is 1.19 bits per heavy atom. The highest BCUT2D eigenvalue weighted by molar-refractivity contribution is 5.84. The van der Waals surface area contributed by atoms with Gasteiger partial charge in [-0.1, -0.05) is 25.7 Å². The number of ether oxygens (including phenoxy) is 12. The highest BCUT2D eigenvalue weighted by Crippen LogP contribution is 2.11. The largest absolute Gasteiger partial charge is 0.481 e. The molecule has 0 bridgehead atoms. The molecule has 0 aromatic carbocycles. The summed E-state index contributed by atoms with van der Waals surface area (Å²) in [6.07, 6.45) is 3.55. The summed E-state index contributed by atoms with van der Waals surface area (Å²) in [7, 11) is 0. The van der Waals surface area contributed by atoms with Crippen molar-refractivity contribution in [3.05, 3.63) is 0 Å². The minimum absolute atomic E-state index is 0.0403. The number of aliphatic carboxylic acids is 2. The van der Waals surface area contributed by atoms with Crippen LogP contribution in [0.1, 0.15) is 77.0 Å². The van der Waals surface area contributed by atoms with Gasteiger partial charge >= 0.3 is 18.0 Å². The number of carbonyl (C=O) groups is 6. The van der Waals surface area contributed by atoms with Gasteiger partial charge in [0.1, 0.15) is 11.8 Å². The summed E-state index contributed by atoms with van der Waals surface area (Å²) in [5.41, 5.74) is 2.01. The molecule has 0 aromatic heterocycles. The van der Waals surface area contributed by atoms with Crippen LogP contribution in [0.3, 0.4) is 0 Å². The van der Waals surface area contributed by atoms with Crippen LogP contribution in [0.4, 0.5) is 4.79 Å². The van der Waals surface area contributed by atoms with E-state index in [4.69, 9.17) is 62.4 Å². The van der Waals surface area contributed by atoms with E-state index in [0.717, 1.165) is 32.1 Å². The van der Waals surface area contributed by atoms with E-state index in [-0.39, 0.29) is 50.3 Å². The van der Waals surface area contributed by atoms with E-state index >= 15 is 0 Å². The molecule has 0 fully saturated rings. The van der Waals surface area contributed by atoms with Crippen molar-refractivity contribution in [2.45, 2.75) is 89.3 Å². The van der Waals surface area contributed by atoms with Crippen molar-refractivity contribution in [1.82, 2.24) is 21.4 Å². The van der Waals surface area contributed by atoms with Crippen molar-refractivity contribution in [3.8, 4) is 0 Å². The maximum absolute atomic E-state index is 12.3. The van der Waals surface area contributed by atoms with Gasteiger partial charge in [-0.05, 0) is 19.3 Å². The number of carbonyl (C=O) groups excluding carboxylic acids is 4. The first-order chi connectivity index (χ1) is 33.7. The number of Topliss-reactive ketones (excluding diaryl/α,β-unsaturated/α-hetero) is 1. The molecule has 0 aliphatic rings. The Balaban J connectivity index is 3.42. The molecule has 25 heteroatoms. The predicted molar refractivity (Wildman–Crippen MR) is 244 cm³/mol. The van der Waals surface area contributed by atoms with Crippen molar-refractivity contribution < 1.29 is 101 Å². The molecule has 2 atom stereocenters. The van der Waals surface area contributed by atoms with Gasteiger partial charge in [-0.2, -0.15) is 0 Å². The molecule has 404 valence electrons. The monoisotopic (exact) mass is 1000 g/mol. The number of nitrogens with one attached hydrogen (secondary N) is 4. The van der Waals surface area contributed by atoms with E-state index < -0.39 is 30.2 Å². The Hall–Kier alpha value is -3.70. The number of hydroxylamine groups is 1. The smallest absolute Gasteiger partial charge is 0.326 e. The van der Waals surface area contributed by atoms with E-state index in [1.165, 1.54) is 0 Å². The molecule has 0 saturated carbocycles. The zero-order chi connectivity index (χ0) is 50.5. The minimum atomic E-state index is -1.36. The highest BCUT2D eigenvalue weighted by Gasteiger charge is 2.23. The number of carboxylic acid groups (broad SMARTS) is 2. The zero-order valence-corrected chi connectivity index (χ0v) is 40.4. The Bertz CT molecular complexity index is 1240. The van der Waals surface area contributed by atoms with Crippen molar-refractivity contribution >= 4 is 36.1 Å².